The van der Waals surface area contributed by atoms with E-state index in [0.29, 0.717) is 26.9 Å². The maximum Gasteiger partial charge on any atom is 0.260 e. The molecule has 0 spiro atoms. The van der Waals surface area contributed by atoms with Crippen LogP contribution in [0.2, 0.25) is 5.02 Å². The zero-order chi connectivity index (χ0) is 19.8. The molecule has 0 saturated carbocycles. The van der Waals surface area contributed by atoms with Gasteiger partial charge >= 0.3 is 0 Å². The predicted octanol–water partition coefficient (Wildman–Crippen LogP) is 4.01. The molecule has 3 heterocycles. The number of hydrogen-bond acceptors (Lipinski definition) is 6. The maximum atomic E-state index is 12.7. The summed E-state index contributed by atoms with van der Waals surface area (Å²) >= 11 is 7.35. The van der Waals surface area contributed by atoms with Crippen LogP contribution in [-0.2, 0) is 6.54 Å². The van der Waals surface area contributed by atoms with Crippen LogP contribution in [0.1, 0.15) is 5.82 Å². The van der Waals surface area contributed by atoms with Gasteiger partial charge in [-0.1, -0.05) is 41.9 Å². The molecule has 0 amide bonds. The molecule has 1 N–H and O–H groups in total. The highest BCUT2D eigenvalue weighted by Gasteiger charge is 2.14. The molecule has 142 valence electrons. The molecular formula is C20H13ClN6OS. The first-order valence-corrected chi connectivity index (χ1v) is 10.0. The van der Waals surface area contributed by atoms with E-state index in [4.69, 9.17) is 11.6 Å². The molecule has 0 fully saturated rings. The molecule has 0 unspecified atom stereocenters. The van der Waals surface area contributed by atoms with Gasteiger partial charge in [-0.25, -0.2) is 4.98 Å². The summed E-state index contributed by atoms with van der Waals surface area (Å²) in [4.78, 5) is 22.3. The molecule has 3 aromatic heterocycles. The molecule has 7 nitrogen and oxygen atoms in total. The molecule has 9 heteroatoms. The van der Waals surface area contributed by atoms with Crippen molar-refractivity contribution < 1.29 is 0 Å². The van der Waals surface area contributed by atoms with Gasteiger partial charge in [-0.2, -0.15) is 4.80 Å². The number of thiophene rings is 1. The minimum absolute atomic E-state index is 0.178. The van der Waals surface area contributed by atoms with Crippen LogP contribution >= 0.6 is 22.9 Å². The van der Waals surface area contributed by atoms with Crippen molar-refractivity contribution in [3.05, 3.63) is 81.2 Å². The predicted molar refractivity (Wildman–Crippen MR) is 113 cm³/mol. The summed E-state index contributed by atoms with van der Waals surface area (Å²) in [5, 5.41) is 15.7. The van der Waals surface area contributed by atoms with Crippen LogP contribution in [0.15, 0.2) is 64.8 Å². The van der Waals surface area contributed by atoms with E-state index in [9.17, 15) is 4.79 Å². The van der Waals surface area contributed by atoms with E-state index in [1.807, 2.05) is 47.8 Å². The summed E-state index contributed by atoms with van der Waals surface area (Å²) in [6.45, 7) is 0.213. The Morgan fingerprint density at radius 2 is 1.83 bits per heavy atom. The molecule has 0 bridgehead atoms. The largest absolute Gasteiger partial charge is 0.308 e. The Bertz CT molecular complexity index is 1360. The lowest BCUT2D eigenvalue weighted by molar-refractivity contribution is 0.555. The second-order valence-electron chi connectivity index (χ2n) is 6.36. The molecule has 5 aromatic rings. The lowest BCUT2D eigenvalue weighted by Gasteiger charge is -2.01. The van der Waals surface area contributed by atoms with Crippen LogP contribution in [0.4, 0.5) is 0 Å². The normalized spacial score (nSPS) is 11.2. The minimum Gasteiger partial charge on any atom is -0.308 e. The van der Waals surface area contributed by atoms with E-state index in [0.717, 1.165) is 16.7 Å². The molecule has 0 radical (unpaired) electrons. The van der Waals surface area contributed by atoms with Gasteiger partial charge in [0.2, 0.25) is 5.82 Å². The van der Waals surface area contributed by atoms with Crippen LogP contribution in [0.5, 0.6) is 0 Å². The summed E-state index contributed by atoms with van der Waals surface area (Å²) in [5.74, 6) is 0.955. The fourth-order valence-electron chi connectivity index (χ4n) is 3.06. The number of fused-ring (bicyclic) bond motifs is 1. The van der Waals surface area contributed by atoms with Gasteiger partial charge in [0.05, 0.1) is 5.39 Å². The number of rotatable bonds is 4. The summed E-state index contributed by atoms with van der Waals surface area (Å²) < 4.78 is 0. The Morgan fingerprint density at radius 3 is 2.62 bits per heavy atom. The van der Waals surface area contributed by atoms with Crippen LogP contribution in [-0.4, -0.2) is 30.2 Å². The maximum absolute atomic E-state index is 12.7. The SMILES string of the molecule is O=c1[nH]c(Cn2nnc(-c3ccc(Cl)cc3)n2)nc2scc(-c3ccccc3)c12. The fourth-order valence-corrected chi connectivity index (χ4v) is 4.15. The van der Waals surface area contributed by atoms with Gasteiger partial charge in [0.1, 0.15) is 17.2 Å². The first-order valence-electron chi connectivity index (χ1n) is 8.77. The average Bonchev–Trinajstić information content (AvgIpc) is 3.37. The van der Waals surface area contributed by atoms with Crippen LogP contribution in [0, 0.1) is 0 Å². The Hall–Kier alpha value is -3.36. The molecule has 0 aliphatic rings. The van der Waals surface area contributed by atoms with Crippen molar-refractivity contribution in [3.63, 3.8) is 0 Å². The molecule has 0 aliphatic heterocycles. The van der Waals surface area contributed by atoms with Crippen molar-refractivity contribution in [1.29, 1.82) is 0 Å². The second-order valence-corrected chi connectivity index (χ2v) is 7.65. The summed E-state index contributed by atoms with van der Waals surface area (Å²) in [5.41, 5.74) is 2.51. The molecule has 0 atom stereocenters. The molecule has 2 aromatic carbocycles. The number of nitrogens with zero attached hydrogens (tertiary/aromatic N) is 5. The lowest BCUT2D eigenvalue weighted by Crippen LogP contribution is -2.15. The summed E-state index contributed by atoms with van der Waals surface area (Å²) in [7, 11) is 0. The number of benzene rings is 2. The Labute approximate surface area is 173 Å². The molecular weight excluding hydrogens is 408 g/mol. The van der Waals surface area contributed by atoms with E-state index in [1.54, 1.807) is 12.1 Å². The zero-order valence-electron chi connectivity index (χ0n) is 14.9. The number of H-pyrrole nitrogens is 1. The smallest absolute Gasteiger partial charge is 0.260 e. The topological polar surface area (TPSA) is 89.4 Å². The van der Waals surface area contributed by atoms with Gasteiger partial charge < -0.3 is 4.98 Å². The average molecular weight is 421 g/mol. The highest BCUT2D eigenvalue weighted by Crippen LogP contribution is 2.30. The Kier molecular flexibility index (Phi) is 4.42. The highest BCUT2D eigenvalue weighted by molar-refractivity contribution is 7.17. The lowest BCUT2D eigenvalue weighted by atomic mass is 10.1. The second kappa shape index (κ2) is 7.23. The number of hydrogen-bond donors (Lipinski definition) is 1. The summed E-state index contributed by atoms with van der Waals surface area (Å²) in [6.07, 6.45) is 0. The van der Waals surface area contributed by atoms with Gasteiger partial charge in [-0.05, 0) is 35.0 Å². The van der Waals surface area contributed by atoms with Crippen LogP contribution in [0.3, 0.4) is 0 Å². The van der Waals surface area contributed by atoms with Crippen molar-refractivity contribution >= 4 is 33.2 Å². The number of aromatic amines is 1. The number of tetrazole rings is 1. The van der Waals surface area contributed by atoms with E-state index in [2.05, 4.69) is 25.4 Å². The molecule has 0 aliphatic carbocycles. The van der Waals surface area contributed by atoms with Crippen molar-refractivity contribution in [1.82, 2.24) is 30.2 Å². The van der Waals surface area contributed by atoms with Crippen LogP contribution < -0.4 is 5.56 Å². The van der Waals surface area contributed by atoms with Gasteiger partial charge in [0.25, 0.3) is 5.56 Å². The third-order valence-corrected chi connectivity index (χ3v) is 5.55. The fraction of sp³-hybridized carbons (Fsp3) is 0.0500. The number of aromatic nitrogens is 6. The summed E-state index contributed by atoms with van der Waals surface area (Å²) in [6, 6.07) is 17.0. The van der Waals surface area contributed by atoms with E-state index in [1.165, 1.54) is 16.1 Å². The number of halogens is 1. The first-order chi connectivity index (χ1) is 14.2. The Morgan fingerprint density at radius 1 is 1.03 bits per heavy atom. The number of nitrogens with one attached hydrogen (secondary N) is 1. The standard InChI is InChI=1S/C20H13ClN6OS/c21-14-8-6-13(7-9-14)18-24-26-27(25-18)10-16-22-19(28)17-15(11-29-20(17)23-16)12-4-2-1-3-5-12/h1-9,11H,10H2,(H,22,23,28). The van der Waals surface area contributed by atoms with Gasteiger partial charge in [-0.15, -0.1) is 21.5 Å². The quantitative estimate of drug-likeness (QED) is 0.474. The van der Waals surface area contributed by atoms with Crippen LogP contribution in [0.25, 0.3) is 32.7 Å². The molecule has 0 saturated heterocycles. The van der Waals surface area contributed by atoms with E-state index < -0.39 is 0 Å². The van der Waals surface area contributed by atoms with Crippen molar-refractivity contribution in [2.75, 3.05) is 0 Å². The van der Waals surface area contributed by atoms with Gasteiger partial charge in [0, 0.05) is 21.5 Å². The minimum atomic E-state index is -0.178. The third-order valence-electron chi connectivity index (χ3n) is 4.42. The van der Waals surface area contributed by atoms with Crippen molar-refractivity contribution in [2.24, 2.45) is 0 Å². The Balaban J connectivity index is 1.46. The van der Waals surface area contributed by atoms with Gasteiger partial charge in [-0.3, -0.25) is 4.79 Å². The van der Waals surface area contributed by atoms with E-state index in [-0.39, 0.29) is 12.1 Å². The molecule has 5 rings (SSSR count). The van der Waals surface area contributed by atoms with E-state index >= 15 is 0 Å². The zero-order valence-corrected chi connectivity index (χ0v) is 16.5. The monoisotopic (exact) mass is 420 g/mol. The van der Waals surface area contributed by atoms with Gasteiger partial charge in [0.15, 0.2) is 0 Å². The third kappa shape index (κ3) is 3.43. The first kappa shape index (κ1) is 17.7. The van der Waals surface area contributed by atoms with Crippen molar-refractivity contribution in [2.45, 2.75) is 6.54 Å². The molecule has 29 heavy (non-hydrogen) atoms. The van der Waals surface area contributed by atoms with Crippen molar-refractivity contribution in [3.8, 4) is 22.5 Å². The highest BCUT2D eigenvalue weighted by atomic mass is 35.5.